The number of pyridine rings is 1. The van der Waals surface area contributed by atoms with Crippen molar-refractivity contribution >= 4 is 28.8 Å². The highest BCUT2D eigenvalue weighted by molar-refractivity contribution is 6.13. The monoisotopic (exact) mass is 428 g/mol. The number of aromatic amines is 1. The first-order chi connectivity index (χ1) is 15.6. The van der Waals surface area contributed by atoms with Crippen molar-refractivity contribution in [3.05, 3.63) is 89.6 Å². The average Bonchev–Trinajstić information content (AvgIpc) is 3.27. The molecule has 0 bridgehead atoms. The number of para-hydroxylation sites is 2. The van der Waals surface area contributed by atoms with Crippen LogP contribution in [0.15, 0.2) is 72.7 Å². The van der Waals surface area contributed by atoms with E-state index >= 15 is 0 Å². The summed E-state index contributed by atoms with van der Waals surface area (Å²) in [6.45, 7) is 0. The number of Topliss-reactive ketones (excluding diaryl/α,β-unsaturated/α-hetero) is 1. The number of carbonyl (C=O) groups excluding carboxylic acids is 2. The van der Waals surface area contributed by atoms with Crippen LogP contribution in [0.4, 0.5) is 0 Å². The minimum atomic E-state index is -0.481. The molecule has 0 aliphatic heterocycles. The summed E-state index contributed by atoms with van der Waals surface area (Å²) in [4.78, 5) is 37.7. The van der Waals surface area contributed by atoms with Gasteiger partial charge in [-0.15, -0.1) is 0 Å². The lowest BCUT2D eigenvalue weighted by molar-refractivity contribution is 0.0931. The Morgan fingerprint density at radius 2 is 1.81 bits per heavy atom. The van der Waals surface area contributed by atoms with Crippen molar-refractivity contribution in [3.63, 3.8) is 0 Å². The first-order valence-corrected chi connectivity index (χ1v) is 9.73. The summed E-state index contributed by atoms with van der Waals surface area (Å²) in [5.74, 6) is 0.0773. The van der Waals surface area contributed by atoms with Crippen molar-refractivity contribution in [3.8, 4) is 11.5 Å². The summed E-state index contributed by atoms with van der Waals surface area (Å²) in [5.41, 5.74) is 2.39. The molecule has 0 unspecified atom stereocenters. The number of methoxy groups -OCH3 is 2. The van der Waals surface area contributed by atoms with E-state index in [0.29, 0.717) is 28.1 Å². The SMILES string of the molecule is COc1ccc(C(=O)N/C(=C/c2cccnc2)C(=O)c2nc3ccccc3[nH]2)cc1OC. The molecule has 2 N–H and O–H groups in total. The number of amides is 1. The van der Waals surface area contributed by atoms with E-state index in [1.165, 1.54) is 14.2 Å². The number of benzene rings is 2. The van der Waals surface area contributed by atoms with Gasteiger partial charge in [0.15, 0.2) is 17.3 Å². The van der Waals surface area contributed by atoms with Gasteiger partial charge in [-0.1, -0.05) is 18.2 Å². The van der Waals surface area contributed by atoms with Crippen LogP contribution in [0.1, 0.15) is 26.5 Å². The number of imidazole rings is 1. The van der Waals surface area contributed by atoms with E-state index in [2.05, 4.69) is 20.3 Å². The number of nitrogens with zero attached hydrogens (tertiary/aromatic N) is 2. The molecule has 4 aromatic rings. The van der Waals surface area contributed by atoms with E-state index in [0.717, 1.165) is 5.52 Å². The number of rotatable bonds is 7. The fourth-order valence-corrected chi connectivity index (χ4v) is 3.15. The van der Waals surface area contributed by atoms with Crippen molar-refractivity contribution in [2.24, 2.45) is 0 Å². The Morgan fingerprint density at radius 1 is 1.00 bits per heavy atom. The fraction of sp³-hybridized carbons (Fsp3) is 0.0833. The van der Waals surface area contributed by atoms with Gasteiger partial charge in [0.25, 0.3) is 5.91 Å². The van der Waals surface area contributed by atoms with Gasteiger partial charge < -0.3 is 19.8 Å². The van der Waals surface area contributed by atoms with Gasteiger partial charge in [-0.3, -0.25) is 14.6 Å². The van der Waals surface area contributed by atoms with E-state index in [9.17, 15) is 9.59 Å². The van der Waals surface area contributed by atoms with Crippen molar-refractivity contribution in [1.29, 1.82) is 0 Å². The van der Waals surface area contributed by atoms with E-state index in [-0.39, 0.29) is 11.5 Å². The average molecular weight is 428 g/mol. The number of allylic oxidation sites excluding steroid dienone is 1. The number of carbonyl (C=O) groups is 2. The lowest BCUT2D eigenvalue weighted by atomic mass is 10.1. The molecule has 8 heteroatoms. The lowest BCUT2D eigenvalue weighted by Crippen LogP contribution is -2.28. The molecule has 0 aliphatic rings. The molecule has 0 atom stereocenters. The second-order valence-corrected chi connectivity index (χ2v) is 6.80. The third kappa shape index (κ3) is 4.34. The molecule has 0 saturated carbocycles. The number of hydrogen-bond donors (Lipinski definition) is 2. The van der Waals surface area contributed by atoms with Crippen LogP contribution in [0.2, 0.25) is 0 Å². The van der Waals surface area contributed by atoms with Gasteiger partial charge in [-0.05, 0) is 48.0 Å². The maximum Gasteiger partial charge on any atom is 0.255 e. The van der Waals surface area contributed by atoms with Gasteiger partial charge in [0.2, 0.25) is 5.78 Å². The number of H-pyrrole nitrogens is 1. The van der Waals surface area contributed by atoms with Crippen molar-refractivity contribution < 1.29 is 19.1 Å². The minimum Gasteiger partial charge on any atom is -0.493 e. The Labute approximate surface area is 183 Å². The lowest BCUT2D eigenvalue weighted by Gasteiger charge is -2.11. The predicted molar refractivity (Wildman–Crippen MR) is 120 cm³/mol. The first kappa shape index (κ1) is 20.8. The molecule has 2 heterocycles. The first-order valence-electron chi connectivity index (χ1n) is 9.73. The molecule has 2 aromatic carbocycles. The quantitative estimate of drug-likeness (QED) is 0.344. The molecule has 0 aliphatic carbocycles. The van der Waals surface area contributed by atoms with Crippen LogP contribution < -0.4 is 14.8 Å². The Bertz CT molecular complexity index is 1280. The molecule has 1 amide bonds. The van der Waals surface area contributed by atoms with E-state index < -0.39 is 11.7 Å². The maximum absolute atomic E-state index is 13.3. The zero-order valence-corrected chi connectivity index (χ0v) is 17.5. The summed E-state index contributed by atoms with van der Waals surface area (Å²) >= 11 is 0. The van der Waals surface area contributed by atoms with Gasteiger partial charge in [0.05, 0.1) is 31.0 Å². The van der Waals surface area contributed by atoms with Gasteiger partial charge >= 0.3 is 0 Å². The normalized spacial score (nSPS) is 11.2. The molecule has 32 heavy (non-hydrogen) atoms. The van der Waals surface area contributed by atoms with Crippen LogP contribution in [0, 0.1) is 0 Å². The number of ether oxygens (including phenoxy) is 2. The Balaban J connectivity index is 1.69. The number of aromatic nitrogens is 3. The smallest absolute Gasteiger partial charge is 0.255 e. The van der Waals surface area contributed by atoms with Gasteiger partial charge in [-0.25, -0.2) is 4.98 Å². The highest BCUT2D eigenvalue weighted by Gasteiger charge is 2.20. The Kier molecular flexibility index (Phi) is 5.94. The molecule has 0 saturated heterocycles. The highest BCUT2D eigenvalue weighted by Crippen LogP contribution is 2.27. The van der Waals surface area contributed by atoms with Gasteiger partial charge in [0, 0.05) is 18.0 Å². The van der Waals surface area contributed by atoms with E-state index in [1.54, 1.807) is 54.9 Å². The standard InChI is InChI=1S/C24H20N4O4/c1-31-20-10-9-16(13-21(20)32-2)24(30)28-19(12-15-6-5-11-25-14-15)22(29)23-26-17-7-3-4-8-18(17)27-23/h3-14H,1-2H3,(H,26,27)(H,28,30)/b19-12+. The molecule has 0 radical (unpaired) electrons. The zero-order chi connectivity index (χ0) is 22.5. The van der Waals surface area contributed by atoms with Gasteiger partial charge in [0.1, 0.15) is 0 Å². The van der Waals surface area contributed by atoms with E-state index in [4.69, 9.17) is 9.47 Å². The second-order valence-electron chi connectivity index (χ2n) is 6.80. The molecule has 2 aromatic heterocycles. The van der Waals surface area contributed by atoms with Gasteiger partial charge in [-0.2, -0.15) is 0 Å². The summed E-state index contributed by atoms with van der Waals surface area (Å²) in [7, 11) is 3.00. The molecule has 8 nitrogen and oxygen atoms in total. The largest absolute Gasteiger partial charge is 0.493 e. The second kappa shape index (κ2) is 9.13. The third-order valence-electron chi connectivity index (χ3n) is 4.74. The van der Waals surface area contributed by atoms with Crippen LogP contribution in [0.3, 0.4) is 0 Å². The Hall–Kier alpha value is -4.46. The van der Waals surface area contributed by atoms with E-state index in [1.807, 2.05) is 18.2 Å². The number of nitrogens with one attached hydrogen (secondary N) is 2. The molecule has 0 fully saturated rings. The van der Waals surface area contributed by atoms with Crippen LogP contribution in [-0.4, -0.2) is 40.9 Å². The van der Waals surface area contributed by atoms with Crippen LogP contribution in [0.5, 0.6) is 11.5 Å². The summed E-state index contributed by atoms with van der Waals surface area (Å²) in [5, 5.41) is 2.70. The molecular weight excluding hydrogens is 408 g/mol. The molecule has 0 spiro atoms. The molecule has 4 rings (SSSR count). The van der Waals surface area contributed by atoms with Crippen LogP contribution in [0.25, 0.3) is 17.1 Å². The number of hydrogen-bond acceptors (Lipinski definition) is 6. The summed E-state index contributed by atoms with van der Waals surface area (Å²) in [6, 6.07) is 15.6. The summed E-state index contributed by atoms with van der Waals surface area (Å²) in [6.07, 6.45) is 4.77. The van der Waals surface area contributed by atoms with Crippen molar-refractivity contribution in [1.82, 2.24) is 20.3 Å². The Morgan fingerprint density at radius 3 is 2.53 bits per heavy atom. The highest BCUT2D eigenvalue weighted by atomic mass is 16.5. The number of fused-ring (bicyclic) bond motifs is 1. The fourth-order valence-electron chi connectivity index (χ4n) is 3.15. The van der Waals surface area contributed by atoms with Crippen molar-refractivity contribution in [2.75, 3.05) is 14.2 Å². The van der Waals surface area contributed by atoms with Crippen molar-refractivity contribution in [2.45, 2.75) is 0 Å². The minimum absolute atomic E-state index is 0.0526. The topological polar surface area (TPSA) is 106 Å². The predicted octanol–water partition coefficient (Wildman–Crippen LogP) is 3.63. The number of ketones is 1. The van der Waals surface area contributed by atoms with Crippen LogP contribution in [-0.2, 0) is 0 Å². The maximum atomic E-state index is 13.3. The molecular formula is C24H20N4O4. The zero-order valence-electron chi connectivity index (χ0n) is 17.5. The van der Waals surface area contributed by atoms with Crippen LogP contribution >= 0.6 is 0 Å². The third-order valence-corrected chi connectivity index (χ3v) is 4.74. The summed E-state index contributed by atoms with van der Waals surface area (Å²) < 4.78 is 10.5. The molecule has 160 valence electrons.